The number of hydrogen-bond donors (Lipinski definition) is 2. The Bertz CT molecular complexity index is 637. The van der Waals surface area contributed by atoms with Crippen LogP contribution in [0.5, 0.6) is 0 Å². The highest BCUT2D eigenvalue weighted by Crippen LogP contribution is 2.29. The van der Waals surface area contributed by atoms with Crippen LogP contribution in [-0.4, -0.2) is 0 Å². The average Bonchev–Trinajstić information content (AvgIpc) is 2.91. The first-order valence-corrected chi connectivity index (χ1v) is 7.03. The first-order chi connectivity index (χ1) is 9.69. The van der Waals surface area contributed by atoms with E-state index in [1.807, 2.05) is 13.0 Å². The van der Waals surface area contributed by atoms with Gasteiger partial charge in [0.2, 0.25) is 0 Å². The molecular weight excluding hydrogens is 251 g/mol. The fourth-order valence-corrected chi connectivity index (χ4v) is 3.02. The molecule has 2 aromatic carbocycles. The van der Waals surface area contributed by atoms with E-state index in [1.165, 1.54) is 23.6 Å². The number of halogens is 1. The standard InChI is InChI=1S/C17H19FN2/c1-11-5-8-16(18)15(9-11)17(20-19)14-7-6-12-3-2-4-13(12)10-14/h5-10,17,20H,2-4,19H2,1H3. The van der Waals surface area contributed by atoms with E-state index in [4.69, 9.17) is 5.84 Å². The number of rotatable bonds is 3. The number of hydrazine groups is 1. The third-order valence-corrected chi connectivity index (χ3v) is 4.09. The monoisotopic (exact) mass is 270 g/mol. The van der Waals surface area contributed by atoms with Crippen LogP contribution < -0.4 is 11.3 Å². The molecule has 0 heterocycles. The molecule has 1 aliphatic rings. The van der Waals surface area contributed by atoms with Crippen LogP contribution in [0.2, 0.25) is 0 Å². The maximum absolute atomic E-state index is 14.1. The van der Waals surface area contributed by atoms with Crippen molar-refractivity contribution in [3.63, 3.8) is 0 Å². The SMILES string of the molecule is Cc1ccc(F)c(C(NN)c2ccc3c(c2)CCC3)c1. The van der Waals surface area contributed by atoms with E-state index in [0.29, 0.717) is 5.56 Å². The van der Waals surface area contributed by atoms with Crippen molar-refractivity contribution in [1.82, 2.24) is 5.43 Å². The topological polar surface area (TPSA) is 38.0 Å². The Balaban J connectivity index is 2.03. The lowest BCUT2D eigenvalue weighted by molar-refractivity contribution is 0.559. The second-order valence-corrected chi connectivity index (χ2v) is 5.51. The van der Waals surface area contributed by atoms with Gasteiger partial charge >= 0.3 is 0 Å². The highest BCUT2D eigenvalue weighted by atomic mass is 19.1. The lowest BCUT2D eigenvalue weighted by Crippen LogP contribution is -2.29. The molecule has 0 radical (unpaired) electrons. The Morgan fingerprint density at radius 2 is 1.90 bits per heavy atom. The normalized spacial score (nSPS) is 15.2. The van der Waals surface area contributed by atoms with Gasteiger partial charge in [-0.15, -0.1) is 0 Å². The fraction of sp³-hybridized carbons (Fsp3) is 0.294. The van der Waals surface area contributed by atoms with E-state index in [1.54, 1.807) is 6.07 Å². The predicted octanol–water partition coefficient (Wildman–Crippen LogP) is 3.18. The Morgan fingerprint density at radius 3 is 2.70 bits per heavy atom. The summed E-state index contributed by atoms with van der Waals surface area (Å²) in [6, 6.07) is 11.2. The largest absolute Gasteiger partial charge is 0.271 e. The number of hydrogen-bond acceptors (Lipinski definition) is 2. The van der Waals surface area contributed by atoms with Gasteiger partial charge in [-0.25, -0.2) is 9.82 Å². The van der Waals surface area contributed by atoms with Crippen LogP contribution in [0.25, 0.3) is 0 Å². The Morgan fingerprint density at radius 1 is 1.10 bits per heavy atom. The van der Waals surface area contributed by atoms with Gasteiger partial charge in [0.25, 0.3) is 0 Å². The summed E-state index contributed by atoms with van der Waals surface area (Å²) in [6.07, 6.45) is 3.46. The number of fused-ring (bicyclic) bond motifs is 1. The van der Waals surface area contributed by atoms with E-state index in [9.17, 15) is 4.39 Å². The summed E-state index contributed by atoms with van der Waals surface area (Å²) in [4.78, 5) is 0. The molecule has 0 aromatic heterocycles. The van der Waals surface area contributed by atoms with Crippen molar-refractivity contribution in [2.24, 2.45) is 5.84 Å². The molecule has 2 nitrogen and oxygen atoms in total. The number of benzene rings is 2. The quantitative estimate of drug-likeness (QED) is 0.664. The van der Waals surface area contributed by atoms with Gasteiger partial charge in [-0.3, -0.25) is 5.84 Å². The van der Waals surface area contributed by atoms with Gasteiger partial charge in [-0.05, 0) is 48.9 Å². The smallest absolute Gasteiger partial charge is 0.128 e. The number of nitrogens with two attached hydrogens (primary N) is 1. The molecule has 1 atom stereocenters. The van der Waals surface area contributed by atoms with Crippen molar-refractivity contribution in [2.45, 2.75) is 32.2 Å². The zero-order valence-electron chi connectivity index (χ0n) is 11.6. The van der Waals surface area contributed by atoms with Crippen LogP contribution in [0.15, 0.2) is 36.4 Å². The first-order valence-electron chi connectivity index (χ1n) is 7.03. The molecule has 0 amide bonds. The van der Waals surface area contributed by atoms with Crippen molar-refractivity contribution in [2.75, 3.05) is 0 Å². The summed E-state index contributed by atoms with van der Waals surface area (Å²) in [6.45, 7) is 1.96. The van der Waals surface area contributed by atoms with Gasteiger partial charge in [-0.2, -0.15) is 0 Å². The molecule has 0 spiro atoms. The van der Waals surface area contributed by atoms with Crippen molar-refractivity contribution >= 4 is 0 Å². The van der Waals surface area contributed by atoms with E-state index in [-0.39, 0.29) is 11.9 Å². The zero-order valence-corrected chi connectivity index (χ0v) is 11.6. The van der Waals surface area contributed by atoms with Gasteiger partial charge in [0.05, 0.1) is 6.04 Å². The van der Waals surface area contributed by atoms with Gasteiger partial charge in [-0.1, -0.05) is 35.9 Å². The molecular formula is C17H19FN2. The van der Waals surface area contributed by atoms with Crippen LogP contribution in [0, 0.1) is 12.7 Å². The molecule has 20 heavy (non-hydrogen) atoms. The van der Waals surface area contributed by atoms with Gasteiger partial charge < -0.3 is 0 Å². The van der Waals surface area contributed by atoms with E-state index < -0.39 is 0 Å². The highest BCUT2D eigenvalue weighted by molar-refractivity contribution is 5.41. The molecule has 0 fully saturated rings. The Labute approximate surface area is 118 Å². The Kier molecular flexibility index (Phi) is 3.55. The number of nitrogens with one attached hydrogen (secondary N) is 1. The molecule has 1 unspecified atom stereocenters. The summed E-state index contributed by atoms with van der Waals surface area (Å²) in [5, 5.41) is 0. The molecule has 0 bridgehead atoms. The minimum absolute atomic E-state index is 0.223. The molecule has 1 aliphatic carbocycles. The van der Waals surface area contributed by atoms with Crippen LogP contribution in [0.1, 0.15) is 40.3 Å². The molecule has 0 aliphatic heterocycles. The summed E-state index contributed by atoms with van der Waals surface area (Å²) >= 11 is 0. The lowest BCUT2D eigenvalue weighted by Gasteiger charge is -2.19. The first kappa shape index (κ1) is 13.3. The number of aryl methyl sites for hydroxylation is 3. The molecule has 0 saturated carbocycles. The van der Waals surface area contributed by atoms with E-state index in [2.05, 4.69) is 23.6 Å². The minimum atomic E-state index is -0.305. The van der Waals surface area contributed by atoms with E-state index in [0.717, 1.165) is 24.0 Å². The fourth-order valence-electron chi connectivity index (χ4n) is 3.02. The molecule has 3 rings (SSSR count). The van der Waals surface area contributed by atoms with Crippen molar-refractivity contribution in [3.05, 3.63) is 70.0 Å². The van der Waals surface area contributed by atoms with Gasteiger partial charge in [0.1, 0.15) is 5.82 Å². The summed E-state index contributed by atoms with van der Waals surface area (Å²) in [5.74, 6) is 5.46. The molecule has 3 N–H and O–H groups in total. The van der Waals surface area contributed by atoms with Crippen molar-refractivity contribution in [1.29, 1.82) is 0 Å². The van der Waals surface area contributed by atoms with Gasteiger partial charge in [0.15, 0.2) is 0 Å². The van der Waals surface area contributed by atoms with E-state index >= 15 is 0 Å². The predicted molar refractivity (Wildman–Crippen MR) is 78.8 cm³/mol. The lowest BCUT2D eigenvalue weighted by atomic mass is 9.95. The Hall–Kier alpha value is -1.71. The second kappa shape index (κ2) is 5.35. The van der Waals surface area contributed by atoms with Crippen molar-refractivity contribution in [3.8, 4) is 0 Å². The van der Waals surface area contributed by atoms with Crippen LogP contribution in [0.4, 0.5) is 4.39 Å². The maximum Gasteiger partial charge on any atom is 0.128 e. The summed E-state index contributed by atoms with van der Waals surface area (Å²) in [7, 11) is 0. The second-order valence-electron chi connectivity index (χ2n) is 5.51. The zero-order chi connectivity index (χ0) is 14.1. The third kappa shape index (κ3) is 2.35. The summed E-state index contributed by atoms with van der Waals surface area (Å²) < 4.78 is 14.1. The van der Waals surface area contributed by atoms with Gasteiger partial charge in [0, 0.05) is 5.56 Å². The van der Waals surface area contributed by atoms with Crippen molar-refractivity contribution < 1.29 is 4.39 Å². The maximum atomic E-state index is 14.1. The van der Waals surface area contributed by atoms with Crippen LogP contribution in [0.3, 0.4) is 0 Å². The highest BCUT2D eigenvalue weighted by Gasteiger charge is 2.19. The summed E-state index contributed by atoms with van der Waals surface area (Å²) in [5.41, 5.74) is 8.19. The minimum Gasteiger partial charge on any atom is -0.271 e. The third-order valence-electron chi connectivity index (χ3n) is 4.09. The molecule has 2 aromatic rings. The average molecular weight is 270 g/mol. The molecule has 104 valence electrons. The molecule has 3 heteroatoms. The molecule has 0 saturated heterocycles. The van der Waals surface area contributed by atoms with Crippen LogP contribution >= 0.6 is 0 Å². The van der Waals surface area contributed by atoms with Crippen LogP contribution in [-0.2, 0) is 12.8 Å².